The molecule has 1 fully saturated rings. The first-order valence-corrected chi connectivity index (χ1v) is 11.4. The third kappa shape index (κ3) is 16.7. The molecule has 1 rings (SSSR count). The fraction of sp³-hybridized carbons (Fsp3) is 0.905. The minimum atomic E-state index is 0.606. The highest BCUT2D eigenvalue weighted by Crippen LogP contribution is 2.17. The van der Waals surface area contributed by atoms with Gasteiger partial charge in [0.05, 0.1) is 12.7 Å². The molecule has 0 spiro atoms. The van der Waals surface area contributed by atoms with Crippen molar-refractivity contribution in [2.45, 2.75) is 103 Å². The molecule has 0 aromatic heterocycles. The zero-order valence-electron chi connectivity index (χ0n) is 15.6. The van der Waals surface area contributed by atoms with Gasteiger partial charge in [-0.3, -0.25) is 0 Å². The summed E-state index contributed by atoms with van der Waals surface area (Å²) in [6.45, 7) is 3.30. The molecule has 23 heavy (non-hydrogen) atoms. The molecule has 136 valence electrons. The summed E-state index contributed by atoms with van der Waals surface area (Å²) in [5.41, 5.74) is 0. The molecule has 0 aliphatic carbocycles. The fourth-order valence-corrected chi connectivity index (χ4v) is 3.86. The van der Waals surface area contributed by atoms with Crippen molar-refractivity contribution in [3.05, 3.63) is 12.2 Å². The highest BCUT2D eigenvalue weighted by Gasteiger charge is 2.21. The van der Waals surface area contributed by atoms with E-state index in [0.29, 0.717) is 6.10 Å². The molecule has 1 unspecified atom stereocenters. The van der Waals surface area contributed by atoms with Crippen molar-refractivity contribution in [3.8, 4) is 0 Å². The normalized spacial score (nSPS) is 17.2. The van der Waals surface area contributed by atoms with Crippen LogP contribution in [-0.2, 0) is 4.74 Å². The molecule has 1 saturated heterocycles. The van der Waals surface area contributed by atoms with Crippen LogP contribution in [0.15, 0.2) is 12.2 Å². The van der Waals surface area contributed by atoms with Gasteiger partial charge in [-0.1, -0.05) is 76.9 Å². The van der Waals surface area contributed by atoms with Crippen LogP contribution in [0, 0.1) is 0 Å². The Hall–Kier alpha value is 0.0500. The van der Waals surface area contributed by atoms with Crippen molar-refractivity contribution in [2.24, 2.45) is 0 Å². The van der Waals surface area contributed by atoms with E-state index in [1.807, 2.05) is 0 Å². The minimum absolute atomic E-state index is 0.606. The van der Waals surface area contributed by atoms with Gasteiger partial charge < -0.3 is 4.74 Å². The third-order valence-electron chi connectivity index (χ3n) is 4.51. The van der Waals surface area contributed by atoms with Gasteiger partial charge in [0, 0.05) is 5.75 Å². The standard InChI is InChI=1S/C21H40OS/c1-2-3-4-5-6-7-8-9-10-11-12-13-14-15-16-17-18-23-20-21-19-22-21/h9-10,21H,2-8,11-20H2,1H3/b10-9-. The van der Waals surface area contributed by atoms with Gasteiger partial charge in [-0.2, -0.15) is 11.8 Å². The van der Waals surface area contributed by atoms with Gasteiger partial charge in [0.15, 0.2) is 0 Å². The van der Waals surface area contributed by atoms with E-state index in [1.54, 1.807) is 0 Å². The number of hydrogen-bond donors (Lipinski definition) is 0. The van der Waals surface area contributed by atoms with E-state index in [4.69, 9.17) is 4.74 Å². The van der Waals surface area contributed by atoms with E-state index < -0.39 is 0 Å². The van der Waals surface area contributed by atoms with Crippen LogP contribution in [0.3, 0.4) is 0 Å². The molecule has 1 heterocycles. The van der Waals surface area contributed by atoms with Crippen molar-refractivity contribution in [1.82, 2.24) is 0 Å². The Labute approximate surface area is 150 Å². The smallest absolute Gasteiger partial charge is 0.0900 e. The predicted octanol–water partition coefficient (Wildman–Crippen LogP) is 7.16. The van der Waals surface area contributed by atoms with Crippen LogP contribution in [0.1, 0.15) is 96.8 Å². The van der Waals surface area contributed by atoms with Gasteiger partial charge >= 0.3 is 0 Å². The monoisotopic (exact) mass is 340 g/mol. The highest BCUT2D eigenvalue weighted by molar-refractivity contribution is 7.99. The fourth-order valence-electron chi connectivity index (χ4n) is 2.83. The van der Waals surface area contributed by atoms with Gasteiger partial charge in [-0.25, -0.2) is 0 Å². The first-order chi connectivity index (χ1) is 11.4. The summed E-state index contributed by atoms with van der Waals surface area (Å²) >= 11 is 2.08. The summed E-state index contributed by atoms with van der Waals surface area (Å²) in [5, 5.41) is 0. The topological polar surface area (TPSA) is 12.5 Å². The quantitative estimate of drug-likeness (QED) is 0.149. The Balaban J connectivity index is 1.65. The van der Waals surface area contributed by atoms with Crippen LogP contribution in [0.2, 0.25) is 0 Å². The molecule has 2 heteroatoms. The summed E-state index contributed by atoms with van der Waals surface area (Å²) in [5.74, 6) is 2.56. The van der Waals surface area contributed by atoms with Gasteiger partial charge in [0.25, 0.3) is 0 Å². The number of thioether (sulfide) groups is 1. The summed E-state index contributed by atoms with van der Waals surface area (Å²) < 4.78 is 5.22. The average Bonchev–Trinajstić information content (AvgIpc) is 3.38. The minimum Gasteiger partial charge on any atom is -0.372 e. The van der Waals surface area contributed by atoms with Crippen LogP contribution < -0.4 is 0 Å². The average molecular weight is 341 g/mol. The second kappa shape index (κ2) is 16.9. The largest absolute Gasteiger partial charge is 0.372 e. The van der Waals surface area contributed by atoms with Crippen molar-refractivity contribution >= 4 is 11.8 Å². The molecular weight excluding hydrogens is 300 g/mol. The molecule has 0 radical (unpaired) electrons. The summed E-state index contributed by atoms with van der Waals surface area (Å²) in [6.07, 6.45) is 25.0. The lowest BCUT2D eigenvalue weighted by molar-refractivity contribution is 0.426. The second-order valence-corrected chi connectivity index (χ2v) is 8.12. The zero-order valence-corrected chi connectivity index (χ0v) is 16.4. The molecular formula is C21H40OS. The molecule has 0 amide bonds. The van der Waals surface area contributed by atoms with E-state index in [0.717, 1.165) is 6.61 Å². The van der Waals surface area contributed by atoms with Gasteiger partial charge in [0.2, 0.25) is 0 Å². The molecule has 1 nitrogen and oxygen atoms in total. The number of allylic oxidation sites excluding steroid dienone is 2. The third-order valence-corrected chi connectivity index (χ3v) is 5.69. The first-order valence-electron chi connectivity index (χ1n) is 10.3. The van der Waals surface area contributed by atoms with Gasteiger partial charge in [0.1, 0.15) is 0 Å². The Bertz CT molecular complexity index is 261. The highest BCUT2D eigenvalue weighted by atomic mass is 32.2. The van der Waals surface area contributed by atoms with Crippen LogP contribution >= 0.6 is 11.8 Å². The number of rotatable bonds is 18. The number of hydrogen-bond acceptors (Lipinski definition) is 2. The lowest BCUT2D eigenvalue weighted by Crippen LogP contribution is -1.91. The van der Waals surface area contributed by atoms with Gasteiger partial charge in [-0.15, -0.1) is 0 Å². The summed E-state index contributed by atoms with van der Waals surface area (Å²) in [4.78, 5) is 0. The second-order valence-electron chi connectivity index (χ2n) is 6.97. The summed E-state index contributed by atoms with van der Waals surface area (Å²) in [6, 6.07) is 0. The van der Waals surface area contributed by atoms with E-state index >= 15 is 0 Å². The maximum atomic E-state index is 5.22. The van der Waals surface area contributed by atoms with E-state index in [9.17, 15) is 0 Å². The molecule has 0 aromatic carbocycles. The Kier molecular flexibility index (Phi) is 15.5. The lowest BCUT2D eigenvalue weighted by atomic mass is 10.1. The lowest BCUT2D eigenvalue weighted by Gasteiger charge is -2.01. The first kappa shape index (κ1) is 21.1. The van der Waals surface area contributed by atoms with Crippen LogP contribution in [0.5, 0.6) is 0 Å². The predicted molar refractivity (Wildman–Crippen MR) is 107 cm³/mol. The number of ether oxygens (including phenoxy) is 1. The maximum absolute atomic E-state index is 5.22. The molecule has 1 atom stereocenters. The van der Waals surface area contributed by atoms with Crippen molar-refractivity contribution in [1.29, 1.82) is 0 Å². The Morgan fingerprint density at radius 2 is 1.30 bits per heavy atom. The number of unbranched alkanes of at least 4 members (excludes halogenated alkanes) is 12. The van der Waals surface area contributed by atoms with Crippen molar-refractivity contribution in [3.63, 3.8) is 0 Å². The molecule has 0 aromatic rings. The maximum Gasteiger partial charge on any atom is 0.0900 e. The molecule has 0 saturated carbocycles. The number of epoxide rings is 1. The molecule has 1 aliphatic heterocycles. The van der Waals surface area contributed by atoms with E-state index in [1.165, 1.54) is 101 Å². The zero-order chi connectivity index (χ0) is 16.4. The van der Waals surface area contributed by atoms with Gasteiger partial charge in [-0.05, 0) is 37.9 Å². The Morgan fingerprint density at radius 3 is 1.87 bits per heavy atom. The van der Waals surface area contributed by atoms with Crippen molar-refractivity contribution in [2.75, 3.05) is 18.1 Å². The van der Waals surface area contributed by atoms with E-state index in [-0.39, 0.29) is 0 Å². The van der Waals surface area contributed by atoms with Crippen LogP contribution in [-0.4, -0.2) is 24.2 Å². The van der Waals surface area contributed by atoms with Crippen LogP contribution in [0.25, 0.3) is 0 Å². The molecule has 0 bridgehead atoms. The molecule has 0 N–H and O–H groups in total. The van der Waals surface area contributed by atoms with Crippen molar-refractivity contribution < 1.29 is 4.74 Å². The summed E-state index contributed by atoms with van der Waals surface area (Å²) in [7, 11) is 0. The van der Waals surface area contributed by atoms with Crippen LogP contribution in [0.4, 0.5) is 0 Å². The molecule has 1 aliphatic rings. The Morgan fingerprint density at radius 1 is 0.783 bits per heavy atom. The van der Waals surface area contributed by atoms with E-state index in [2.05, 4.69) is 30.8 Å². The SMILES string of the molecule is CCCCCCCC/C=C\CCCCCCCCSCC1CO1.